The fourth-order valence-electron chi connectivity index (χ4n) is 1.81. The van der Waals surface area contributed by atoms with E-state index in [1.807, 2.05) is 36.4 Å². The van der Waals surface area contributed by atoms with E-state index in [2.05, 4.69) is 27.3 Å². The third kappa shape index (κ3) is 3.96. The van der Waals surface area contributed by atoms with Gasteiger partial charge in [0.15, 0.2) is 0 Å². The molecule has 0 aliphatic heterocycles. The molecule has 100 valence electrons. The highest BCUT2D eigenvalue weighted by molar-refractivity contribution is 9.10. The minimum Gasteiger partial charge on any atom is -0.381 e. The van der Waals surface area contributed by atoms with Gasteiger partial charge in [-0.15, -0.1) is 0 Å². The summed E-state index contributed by atoms with van der Waals surface area (Å²) in [5.41, 5.74) is 3.39. The Balaban J connectivity index is 2.10. The average Bonchev–Trinajstić information content (AvgIpc) is 2.41. The monoisotopic (exact) mass is 339 g/mol. The molecule has 2 aromatic rings. The van der Waals surface area contributed by atoms with Crippen molar-refractivity contribution in [1.82, 2.24) is 0 Å². The molecule has 0 fully saturated rings. The molecule has 0 aliphatic carbocycles. The lowest BCUT2D eigenvalue weighted by Gasteiger charge is -2.13. The van der Waals surface area contributed by atoms with Crippen LogP contribution in [0, 0.1) is 0 Å². The van der Waals surface area contributed by atoms with Crippen molar-refractivity contribution in [1.29, 1.82) is 0 Å². The van der Waals surface area contributed by atoms with Gasteiger partial charge in [-0.3, -0.25) is 0 Å². The molecule has 0 unspecified atom stereocenters. The Morgan fingerprint density at radius 3 is 2.58 bits per heavy atom. The van der Waals surface area contributed by atoms with E-state index in [0.29, 0.717) is 6.61 Å². The number of ether oxygens (including phenoxy) is 1. The molecule has 0 saturated carbocycles. The molecule has 19 heavy (non-hydrogen) atoms. The van der Waals surface area contributed by atoms with E-state index in [-0.39, 0.29) is 0 Å². The van der Waals surface area contributed by atoms with Crippen LogP contribution in [0.3, 0.4) is 0 Å². The van der Waals surface area contributed by atoms with Crippen LogP contribution in [0.5, 0.6) is 0 Å². The Hall–Kier alpha value is -1.03. The zero-order valence-electron chi connectivity index (χ0n) is 10.6. The first kappa shape index (κ1) is 14.4. The van der Waals surface area contributed by atoms with Crippen LogP contribution in [0.25, 0.3) is 0 Å². The van der Waals surface area contributed by atoms with Crippen molar-refractivity contribution in [2.45, 2.75) is 13.2 Å². The van der Waals surface area contributed by atoms with Crippen molar-refractivity contribution >= 4 is 33.2 Å². The Bertz CT molecular complexity index is 542. The number of nitrogens with one attached hydrogen (secondary N) is 1. The molecule has 0 radical (unpaired) electrons. The molecular weight excluding hydrogens is 326 g/mol. The SMILES string of the molecule is COCc1c(Br)cccc1NCc1ccc(Cl)cc1. The summed E-state index contributed by atoms with van der Waals surface area (Å²) in [6.45, 7) is 1.33. The van der Waals surface area contributed by atoms with Crippen LogP contribution in [0.15, 0.2) is 46.9 Å². The minimum atomic E-state index is 0.574. The van der Waals surface area contributed by atoms with Crippen LogP contribution in [-0.2, 0) is 17.9 Å². The third-order valence-corrected chi connectivity index (χ3v) is 3.80. The quantitative estimate of drug-likeness (QED) is 0.839. The number of anilines is 1. The van der Waals surface area contributed by atoms with Crippen LogP contribution in [0.4, 0.5) is 5.69 Å². The zero-order chi connectivity index (χ0) is 13.7. The molecule has 0 aromatic heterocycles. The summed E-state index contributed by atoms with van der Waals surface area (Å²) in [4.78, 5) is 0. The van der Waals surface area contributed by atoms with E-state index in [4.69, 9.17) is 16.3 Å². The van der Waals surface area contributed by atoms with Crippen molar-refractivity contribution in [3.05, 3.63) is 63.1 Å². The fourth-order valence-corrected chi connectivity index (χ4v) is 2.42. The summed E-state index contributed by atoms with van der Waals surface area (Å²) in [5.74, 6) is 0. The zero-order valence-corrected chi connectivity index (χ0v) is 13.0. The van der Waals surface area contributed by atoms with Crippen molar-refractivity contribution < 1.29 is 4.74 Å². The molecule has 4 heteroatoms. The Morgan fingerprint density at radius 1 is 1.16 bits per heavy atom. The molecule has 0 saturated heterocycles. The Morgan fingerprint density at radius 2 is 1.89 bits per heavy atom. The van der Waals surface area contributed by atoms with Crippen molar-refractivity contribution in [3.8, 4) is 0 Å². The van der Waals surface area contributed by atoms with E-state index in [9.17, 15) is 0 Å². The van der Waals surface area contributed by atoms with Gasteiger partial charge in [-0.2, -0.15) is 0 Å². The van der Waals surface area contributed by atoms with Gasteiger partial charge in [0.25, 0.3) is 0 Å². The number of halogens is 2. The van der Waals surface area contributed by atoms with E-state index in [0.717, 1.165) is 27.3 Å². The first-order valence-corrected chi connectivity index (χ1v) is 7.12. The second-order valence-electron chi connectivity index (χ2n) is 4.18. The van der Waals surface area contributed by atoms with Crippen molar-refractivity contribution in [2.24, 2.45) is 0 Å². The molecule has 0 amide bonds. The summed E-state index contributed by atoms with van der Waals surface area (Å²) in [7, 11) is 1.70. The Labute approximate surface area is 126 Å². The van der Waals surface area contributed by atoms with Gasteiger partial charge in [0, 0.05) is 34.4 Å². The summed E-state index contributed by atoms with van der Waals surface area (Å²) in [6, 6.07) is 13.9. The summed E-state index contributed by atoms with van der Waals surface area (Å²) in [6.07, 6.45) is 0. The van der Waals surface area contributed by atoms with Gasteiger partial charge in [0.2, 0.25) is 0 Å². The molecule has 0 atom stereocenters. The molecular formula is C15H15BrClNO. The number of hydrogen-bond donors (Lipinski definition) is 1. The topological polar surface area (TPSA) is 21.3 Å². The van der Waals surface area contributed by atoms with E-state index < -0.39 is 0 Å². The molecule has 1 N–H and O–H groups in total. The fraction of sp³-hybridized carbons (Fsp3) is 0.200. The summed E-state index contributed by atoms with van der Waals surface area (Å²) < 4.78 is 6.28. The van der Waals surface area contributed by atoms with Gasteiger partial charge in [0.1, 0.15) is 0 Å². The number of hydrogen-bond acceptors (Lipinski definition) is 2. The molecule has 0 bridgehead atoms. The predicted molar refractivity (Wildman–Crippen MR) is 83.6 cm³/mol. The highest BCUT2D eigenvalue weighted by Crippen LogP contribution is 2.26. The lowest BCUT2D eigenvalue weighted by Crippen LogP contribution is -2.03. The molecule has 0 spiro atoms. The largest absolute Gasteiger partial charge is 0.381 e. The average molecular weight is 341 g/mol. The van der Waals surface area contributed by atoms with Gasteiger partial charge in [-0.1, -0.05) is 45.7 Å². The lowest BCUT2D eigenvalue weighted by molar-refractivity contribution is 0.185. The van der Waals surface area contributed by atoms with Crippen LogP contribution < -0.4 is 5.32 Å². The minimum absolute atomic E-state index is 0.574. The van der Waals surface area contributed by atoms with Crippen molar-refractivity contribution in [2.75, 3.05) is 12.4 Å². The maximum absolute atomic E-state index is 5.87. The van der Waals surface area contributed by atoms with E-state index >= 15 is 0 Å². The molecule has 2 aromatic carbocycles. The van der Waals surface area contributed by atoms with Gasteiger partial charge in [-0.25, -0.2) is 0 Å². The smallest absolute Gasteiger partial charge is 0.0744 e. The van der Waals surface area contributed by atoms with Crippen LogP contribution in [0.2, 0.25) is 5.02 Å². The maximum Gasteiger partial charge on any atom is 0.0744 e. The highest BCUT2D eigenvalue weighted by Gasteiger charge is 2.06. The predicted octanol–water partition coefficient (Wildman–Crippen LogP) is 4.86. The molecule has 2 rings (SSSR count). The second-order valence-corrected chi connectivity index (χ2v) is 5.47. The molecule has 0 heterocycles. The van der Waals surface area contributed by atoms with Gasteiger partial charge in [0.05, 0.1) is 6.61 Å². The normalized spacial score (nSPS) is 10.5. The van der Waals surface area contributed by atoms with Crippen LogP contribution >= 0.6 is 27.5 Å². The van der Waals surface area contributed by atoms with Gasteiger partial charge >= 0.3 is 0 Å². The molecule has 0 aliphatic rings. The number of benzene rings is 2. The highest BCUT2D eigenvalue weighted by atomic mass is 79.9. The molecule has 2 nitrogen and oxygen atoms in total. The van der Waals surface area contributed by atoms with Gasteiger partial charge < -0.3 is 10.1 Å². The lowest BCUT2D eigenvalue weighted by atomic mass is 10.1. The number of methoxy groups -OCH3 is 1. The van der Waals surface area contributed by atoms with E-state index in [1.54, 1.807) is 7.11 Å². The van der Waals surface area contributed by atoms with E-state index in [1.165, 1.54) is 5.56 Å². The third-order valence-electron chi connectivity index (χ3n) is 2.80. The summed E-state index contributed by atoms with van der Waals surface area (Å²) >= 11 is 9.42. The number of rotatable bonds is 5. The summed E-state index contributed by atoms with van der Waals surface area (Å²) in [5, 5.41) is 4.18. The second kappa shape index (κ2) is 6.94. The van der Waals surface area contributed by atoms with Crippen LogP contribution in [-0.4, -0.2) is 7.11 Å². The standard InChI is InChI=1S/C15H15BrClNO/c1-19-10-13-14(16)3-2-4-15(13)18-9-11-5-7-12(17)8-6-11/h2-8,18H,9-10H2,1H3. The van der Waals surface area contributed by atoms with Gasteiger partial charge in [-0.05, 0) is 29.8 Å². The Kier molecular flexibility index (Phi) is 5.25. The van der Waals surface area contributed by atoms with Crippen molar-refractivity contribution in [3.63, 3.8) is 0 Å². The first-order valence-electron chi connectivity index (χ1n) is 5.95. The first-order chi connectivity index (χ1) is 9.20. The maximum atomic E-state index is 5.87. The van der Waals surface area contributed by atoms with Crippen LogP contribution in [0.1, 0.15) is 11.1 Å².